The minimum absolute atomic E-state index is 0.00677. The molecule has 43 heteroatoms. The van der Waals surface area contributed by atoms with Crippen molar-refractivity contribution in [1.29, 1.82) is 0 Å². The van der Waals surface area contributed by atoms with E-state index in [0.717, 1.165) is 40.3 Å². The van der Waals surface area contributed by atoms with Crippen LogP contribution in [-0.2, 0) is 72.2 Å². The Labute approximate surface area is 467 Å². The highest BCUT2D eigenvalue weighted by Crippen LogP contribution is 2.61. The molecule has 9 atom stereocenters. The van der Waals surface area contributed by atoms with Crippen LogP contribution < -0.4 is 27.4 Å². The Morgan fingerprint density at radius 2 is 1.80 bits per heavy atom. The van der Waals surface area contributed by atoms with Gasteiger partial charge >= 0.3 is 23.5 Å². The summed E-state index contributed by atoms with van der Waals surface area (Å²) in [7, 11) is -13.7. The lowest BCUT2D eigenvalue weighted by atomic mass is 9.87. The molecule has 2 saturated heterocycles. The SMILES string of the molecule is CO/N=C(/C(=O)N[C@@H]1C(=O)N2C(C(=O)SCCNC(=O)CCNC(=O)C(O)C(C)(C)COP(=O)(O)OP(=O)(O)OCC3OC(n4cnc5c(N)ncnc54)C(O)C3OP(=O)(O)O)=C(CSc3nnnn3C)CS[C@H]12)c1csc(N)n1. The van der Waals surface area contributed by atoms with E-state index in [1.165, 1.54) is 59.4 Å². The van der Waals surface area contributed by atoms with Crippen molar-refractivity contribution in [2.75, 3.05) is 62.1 Å². The number of aliphatic hydroxyl groups is 2. The maximum absolute atomic E-state index is 13.9. The van der Waals surface area contributed by atoms with Crippen LogP contribution >= 0.6 is 70.1 Å². The summed E-state index contributed by atoms with van der Waals surface area (Å²) in [4.78, 5) is 128. The lowest BCUT2D eigenvalue weighted by Gasteiger charge is -2.50. The number of imidazole rings is 1. The molecule has 4 aromatic rings. The number of hydrogen-bond donors (Lipinski definition) is 11. The molecule has 0 aliphatic carbocycles. The van der Waals surface area contributed by atoms with Gasteiger partial charge in [0.15, 0.2) is 28.5 Å². The van der Waals surface area contributed by atoms with Crippen molar-refractivity contribution in [2.45, 2.75) is 67.5 Å². The minimum atomic E-state index is -5.65. The highest BCUT2D eigenvalue weighted by molar-refractivity contribution is 8.14. The average molecular weight is 1260 g/mol. The number of nitrogens with two attached hydrogens (primary N) is 2. The van der Waals surface area contributed by atoms with Gasteiger partial charge in [0.05, 0.1) is 19.5 Å². The number of carbonyl (C=O) groups excluding carboxylic acids is 5. The van der Waals surface area contributed by atoms with Gasteiger partial charge in [-0.15, -0.1) is 28.2 Å². The van der Waals surface area contributed by atoms with E-state index in [0.29, 0.717) is 16.5 Å². The molecule has 0 aromatic carbocycles. The fourth-order valence-electron chi connectivity index (χ4n) is 7.52. The maximum atomic E-state index is 13.9. The van der Waals surface area contributed by atoms with Crippen molar-refractivity contribution in [3.05, 3.63) is 35.0 Å². The molecule has 4 amide bonds. The zero-order valence-corrected chi connectivity index (χ0v) is 47.8. The molecule has 0 saturated carbocycles. The first-order chi connectivity index (χ1) is 37.6. The number of tetrazole rings is 1. The number of fused-ring (bicyclic) bond motifs is 2. The molecule has 80 heavy (non-hydrogen) atoms. The molecular formula is C37H51N16O20P3S4. The third-order valence-corrected chi connectivity index (χ3v) is 18.5. The normalized spacial score (nSPS) is 22.5. The number of thiazole rings is 1. The molecule has 36 nitrogen and oxygen atoms in total. The molecule has 438 valence electrons. The first kappa shape index (κ1) is 62.5. The van der Waals surface area contributed by atoms with Gasteiger partial charge in [0.25, 0.3) is 11.8 Å². The first-order valence-corrected chi connectivity index (χ1v) is 31.2. The standard InChI is InChI=1S/C37H51N16O20P3S4/c1-37(2,13-70-76(66,67)73-75(64,65)69-9-18-25(72-74(61,62)63)24(55)32(71-18)52-15-44-21-27(38)42-14-43-28(21)52)26(56)30(58)41-6-5-19(54)40-7-8-77-34(60)23-16(11-80-36-47-49-50-51(36)3)10-78-33-22(31(59)53(23)33)46-29(57)20(48-68-4)17-12-79-35(39)45-17/h12,14-15,18,22,24-26,32-33,55-56H,5-11,13H2,1-4H3,(H2,39,45)(H,40,54)(H,41,58)(H,46,57)(H,64,65)(H,66,67)(H2,38,42,43)(H2,61,62,63)/b48-20+/t18?,22-,24?,25?,26?,32?,33-/m1/s1. The highest BCUT2D eigenvalue weighted by atomic mass is 32.2. The summed E-state index contributed by atoms with van der Waals surface area (Å²) >= 11 is 4.44. The number of aromatic nitrogens is 9. The molecule has 3 aliphatic heterocycles. The number of anilines is 2. The van der Waals surface area contributed by atoms with Crippen molar-refractivity contribution >= 4 is 127 Å². The van der Waals surface area contributed by atoms with E-state index in [-0.39, 0.29) is 70.2 Å². The summed E-state index contributed by atoms with van der Waals surface area (Å²) in [6.07, 6.45) is -7.34. The molecule has 2 fully saturated rings. The predicted molar refractivity (Wildman–Crippen MR) is 279 cm³/mol. The number of amides is 4. The van der Waals surface area contributed by atoms with Gasteiger partial charge in [0.1, 0.15) is 66.2 Å². The van der Waals surface area contributed by atoms with Crippen molar-refractivity contribution in [3.8, 4) is 0 Å². The fourth-order valence-corrected chi connectivity index (χ4v) is 14.0. The maximum Gasteiger partial charge on any atom is 0.481 e. The Hall–Kier alpha value is -5.09. The minimum Gasteiger partial charge on any atom is -0.398 e. The number of aryl methyl sites for hydroxylation is 1. The molecule has 7 unspecified atom stereocenters. The van der Waals surface area contributed by atoms with Gasteiger partial charge in [0.2, 0.25) is 22.1 Å². The van der Waals surface area contributed by atoms with Crippen LogP contribution in [0.1, 0.15) is 32.2 Å². The first-order valence-electron chi connectivity index (χ1n) is 22.8. The summed E-state index contributed by atoms with van der Waals surface area (Å²) in [5, 5.41) is 45.5. The van der Waals surface area contributed by atoms with E-state index in [9.17, 15) is 67.5 Å². The quantitative estimate of drug-likeness (QED) is 0.00748. The number of aliphatic hydroxyl groups excluding tert-OH is 2. The molecule has 7 heterocycles. The summed E-state index contributed by atoms with van der Waals surface area (Å²) in [5.41, 5.74) is 10.5. The molecule has 0 spiro atoms. The van der Waals surface area contributed by atoms with Crippen LogP contribution in [0.3, 0.4) is 0 Å². The van der Waals surface area contributed by atoms with Crippen molar-refractivity contribution in [2.24, 2.45) is 17.6 Å². The largest absolute Gasteiger partial charge is 0.481 e. The van der Waals surface area contributed by atoms with Crippen LogP contribution in [0.15, 0.2) is 39.6 Å². The Balaban J connectivity index is 0.851. The van der Waals surface area contributed by atoms with Gasteiger partial charge in [-0.2, -0.15) is 4.31 Å². The Morgan fingerprint density at radius 3 is 2.48 bits per heavy atom. The number of nitrogens with zero attached hydrogens (tertiary/aromatic N) is 11. The van der Waals surface area contributed by atoms with E-state index in [4.69, 9.17) is 30.1 Å². The van der Waals surface area contributed by atoms with Crippen molar-refractivity contribution in [1.82, 2.24) is 65.6 Å². The number of phosphoric ester groups is 3. The lowest BCUT2D eigenvalue weighted by molar-refractivity contribution is -0.146. The smallest absolute Gasteiger partial charge is 0.398 e. The number of nitrogen functional groups attached to an aromatic ring is 2. The van der Waals surface area contributed by atoms with E-state index in [1.807, 2.05) is 0 Å². The van der Waals surface area contributed by atoms with Crippen LogP contribution in [0.5, 0.6) is 0 Å². The Bertz CT molecular complexity index is 3200. The lowest BCUT2D eigenvalue weighted by Crippen LogP contribution is -2.71. The number of rotatable bonds is 27. The Kier molecular flexibility index (Phi) is 20.3. The van der Waals surface area contributed by atoms with Gasteiger partial charge in [-0.25, -0.2) is 38.3 Å². The van der Waals surface area contributed by atoms with Gasteiger partial charge in [0, 0.05) is 54.6 Å². The van der Waals surface area contributed by atoms with Crippen LogP contribution in [0.2, 0.25) is 0 Å². The molecule has 13 N–H and O–H groups in total. The summed E-state index contributed by atoms with van der Waals surface area (Å²) in [5.74, 6) is -2.46. The molecule has 3 aliphatic rings. The van der Waals surface area contributed by atoms with E-state index < -0.39 is 113 Å². The van der Waals surface area contributed by atoms with Crippen molar-refractivity contribution in [3.63, 3.8) is 0 Å². The average Bonchev–Trinajstić information content (AvgIpc) is 4.21. The highest BCUT2D eigenvalue weighted by Gasteiger charge is 2.55. The Morgan fingerprint density at radius 1 is 1.06 bits per heavy atom. The molecular weight excluding hydrogens is 1210 g/mol. The molecule has 0 radical (unpaired) electrons. The number of carbonyl (C=O) groups is 5. The van der Waals surface area contributed by atoms with Gasteiger partial charge in [-0.05, 0) is 16.0 Å². The molecule has 4 aromatic heterocycles. The zero-order valence-electron chi connectivity index (χ0n) is 41.9. The van der Waals surface area contributed by atoms with Crippen LogP contribution in [0.25, 0.3) is 11.2 Å². The summed E-state index contributed by atoms with van der Waals surface area (Å²) in [6.45, 7) is -0.0549. The second-order valence-electron chi connectivity index (χ2n) is 17.6. The third-order valence-electron chi connectivity index (χ3n) is 11.4. The number of oxime groups is 1. The number of ether oxygens (including phenoxy) is 1. The molecule has 0 bridgehead atoms. The molecule has 7 rings (SSSR count). The zero-order chi connectivity index (χ0) is 58.5. The van der Waals surface area contributed by atoms with Gasteiger partial charge in [-0.3, -0.25) is 47.0 Å². The number of phosphoric acid groups is 3. The van der Waals surface area contributed by atoms with E-state index >= 15 is 0 Å². The van der Waals surface area contributed by atoms with Gasteiger partial charge in [-0.1, -0.05) is 42.5 Å². The monoisotopic (exact) mass is 1260 g/mol. The van der Waals surface area contributed by atoms with E-state index in [1.54, 1.807) is 7.05 Å². The summed E-state index contributed by atoms with van der Waals surface area (Å²) < 4.78 is 64.2. The summed E-state index contributed by atoms with van der Waals surface area (Å²) in [6, 6.07) is -1.04. The third kappa shape index (κ3) is 15.3. The second-order valence-corrected chi connectivity index (χ2v) is 25.8. The van der Waals surface area contributed by atoms with Crippen LogP contribution in [0, 0.1) is 5.41 Å². The number of nitrogens with one attached hydrogen (secondary N) is 3. The van der Waals surface area contributed by atoms with Crippen LogP contribution in [-0.4, -0.2) is 200 Å². The number of β-lactam (4-membered cyclic amide) rings is 1. The topological polar surface area (TPSA) is 517 Å². The predicted octanol–water partition coefficient (Wildman–Crippen LogP) is -2.28. The number of thioether (sulfide) groups is 3. The van der Waals surface area contributed by atoms with E-state index in [2.05, 4.69) is 65.4 Å². The second kappa shape index (κ2) is 26.0. The van der Waals surface area contributed by atoms with Gasteiger partial charge < -0.3 is 66.8 Å². The fraction of sp³-hybridized carbons (Fsp3) is 0.541. The van der Waals surface area contributed by atoms with Crippen LogP contribution in [0.4, 0.5) is 10.9 Å². The number of hydrogen-bond acceptors (Lipinski definition) is 30. The van der Waals surface area contributed by atoms with Crippen molar-refractivity contribution < 1.29 is 94.9 Å².